The summed E-state index contributed by atoms with van der Waals surface area (Å²) in [6.45, 7) is 0. The van der Waals surface area contributed by atoms with Crippen LogP contribution in [0.25, 0.3) is 0 Å². The fourth-order valence-corrected chi connectivity index (χ4v) is 1.93. The fourth-order valence-electron chi connectivity index (χ4n) is 1.32. The highest BCUT2D eigenvalue weighted by Gasteiger charge is 2.09. The first kappa shape index (κ1) is 9.79. The van der Waals surface area contributed by atoms with E-state index < -0.39 is 7.04 Å². The average Bonchev–Trinajstić information content (AvgIpc) is 2.33. The summed E-state index contributed by atoms with van der Waals surface area (Å²) in [6.07, 6.45) is 0. The van der Waals surface area contributed by atoms with E-state index in [-0.39, 0.29) is 16.5 Å². The van der Waals surface area contributed by atoms with Gasteiger partial charge in [0.05, 0.1) is 16.2 Å². The van der Waals surface area contributed by atoms with Crippen molar-refractivity contribution in [3.05, 3.63) is 51.5 Å². The molecule has 2 aromatic carbocycles. The van der Waals surface area contributed by atoms with Crippen LogP contribution >= 0.6 is 34.8 Å². The molecule has 0 N–H and O–H groups in total. The van der Waals surface area contributed by atoms with Crippen molar-refractivity contribution < 1.29 is 13.6 Å². The van der Waals surface area contributed by atoms with Gasteiger partial charge >= 0.3 is 0 Å². The lowest BCUT2D eigenvalue weighted by atomic mass is 10.3. The van der Waals surface area contributed by atoms with Gasteiger partial charge in [-0.2, -0.15) is 0 Å². The molecular weight excluding hydrogens is 294 g/mol. The molecule has 2 rings (SSSR count). The van der Waals surface area contributed by atoms with Crippen molar-refractivity contribution >= 4 is 34.8 Å². The van der Waals surface area contributed by atoms with Crippen molar-refractivity contribution in [2.45, 2.75) is 0 Å². The summed E-state index contributed by atoms with van der Waals surface area (Å²) in [6, 6.07) is 9.08. The van der Waals surface area contributed by atoms with Gasteiger partial charge in [0.25, 0.3) is 0 Å². The third-order valence-electron chi connectivity index (χ3n) is 2.13. The Hall–Kier alpha value is -1.09. The molecule has 0 aliphatic rings. The zero-order valence-electron chi connectivity index (χ0n) is 11.9. The van der Waals surface area contributed by atoms with Gasteiger partial charge < -0.3 is 9.47 Å². The van der Waals surface area contributed by atoms with E-state index in [1.54, 1.807) is 18.2 Å². The van der Waals surface area contributed by atoms with E-state index >= 15 is 0 Å². The van der Waals surface area contributed by atoms with Crippen LogP contribution in [0, 0.1) is 0 Å². The van der Waals surface area contributed by atoms with Crippen LogP contribution < -0.4 is 9.47 Å². The Morgan fingerprint density at radius 2 is 1.56 bits per heavy atom. The molecule has 2 aromatic rings. The first-order valence-corrected chi connectivity index (χ1v) is 5.99. The lowest BCUT2D eigenvalue weighted by Crippen LogP contribution is -1.90. The molecule has 0 spiro atoms. The van der Waals surface area contributed by atoms with E-state index in [9.17, 15) is 0 Å². The van der Waals surface area contributed by atoms with E-state index in [4.69, 9.17) is 48.4 Å². The van der Waals surface area contributed by atoms with E-state index in [1.165, 1.54) is 18.2 Å². The van der Waals surface area contributed by atoms with Crippen molar-refractivity contribution in [3.8, 4) is 17.2 Å². The molecule has 0 amide bonds. The highest BCUT2D eigenvalue weighted by Crippen LogP contribution is 2.37. The van der Waals surface area contributed by atoms with Gasteiger partial charge in [0.2, 0.25) is 0 Å². The molecule has 2 nitrogen and oxygen atoms in total. The second kappa shape index (κ2) is 5.70. The van der Waals surface area contributed by atoms with Crippen molar-refractivity contribution in [2.24, 2.45) is 0 Å². The summed E-state index contributed by atoms with van der Waals surface area (Å²) >= 11 is 17.6. The molecule has 0 aliphatic heterocycles. The molecule has 0 fully saturated rings. The maximum Gasteiger partial charge on any atom is 0.169 e. The minimum atomic E-state index is -2.62. The van der Waals surface area contributed by atoms with Gasteiger partial charge in [0, 0.05) is 16.1 Å². The molecule has 0 bridgehead atoms. The first-order valence-electron chi connectivity index (χ1n) is 6.36. The number of hydrogen-bond acceptors (Lipinski definition) is 2. The van der Waals surface area contributed by atoms with Crippen LogP contribution in [0.4, 0.5) is 0 Å². The quantitative estimate of drug-likeness (QED) is 0.751. The Bertz CT molecular complexity index is 660. The van der Waals surface area contributed by atoms with Crippen LogP contribution in [0.2, 0.25) is 15.1 Å². The Morgan fingerprint density at radius 3 is 2.22 bits per heavy atom. The Morgan fingerprint density at radius 1 is 0.889 bits per heavy atom. The summed E-state index contributed by atoms with van der Waals surface area (Å²) in [4.78, 5) is 0. The molecule has 94 valence electrons. The average molecular weight is 307 g/mol. The van der Waals surface area contributed by atoms with Gasteiger partial charge in [-0.3, -0.25) is 0 Å². The fraction of sp³-hybridized carbons (Fsp3) is 0.0769. The molecule has 0 atom stereocenters. The SMILES string of the molecule is [2H]C([2H])([2H])Oc1cc(Cl)ccc1Oc1ccc(Cl)cc1Cl. The topological polar surface area (TPSA) is 18.5 Å². The van der Waals surface area contributed by atoms with E-state index in [0.717, 1.165) is 0 Å². The molecule has 5 heteroatoms. The highest BCUT2D eigenvalue weighted by atomic mass is 35.5. The molecule has 0 saturated carbocycles. The zero-order chi connectivity index (χ0) is 15.6. The zero-order valence-corrected chi connectivity index (χ0v) is 11.2. The van der Waals surface area contributed by atoms with Crippen LogP contribution in [-0.4, -0.2) is 7.04 Å². The van der Waals surface area contributed by atoms with Gasteiger partial charge in [-0.1, -0.05) is 34.8 Å². The van der Waals surface area contributed by atoms with Crippen LogP contribution in [0.1, 0.15) is 4.11 Å². The molecule has 0 aromatic heterocycles. The van der Waals surface area contributed by atoms with E-state index in [0.29, 0.717) is 15.8 Å². The smallest absolute Gasteiger partial charge is 0.169 e. The number of hydrogen-bond donors (Lipinski definition) is 0. The van der Waals surface area contributed by atoms with Gasteiger partial charge in [-0.25, -0.2) is 0 Å². The Kier molecular flexibility index (Phi) is 3.10. The number of ether oxygens (including phenoxy) is 2. The maximum atomic E-state index is 7.16. The van der Waals surface area contributed by atoms with Crippen molar-refractivity contribution in [1.29, 1.82) is 0 Å². The van der Waals surface area contributed by atoms with Crippen LogP contribution in [-0.2, 0) is 0 Å². The van der Waals surface area contributed by atoms with Crippen LogP contribution in [0.15, 0.2) is 36.4 Å². The van der Waals surface area contributed by atoms with Gasteiger partial charge in [0.1, 0.15) is 5.75 Å². The predicted molar refractivity (Wildman–Crippen MR) is 74.5 cm³/mol. The predicted octanol–water partition coefficient (Wildman–Crippen LogP) is 5.45. The standard InChI is InChI=1S/C13H9Cl3O2/c1-17-13-7-9(15)3-5-12(13)18-11-4-2-8(14)6-10(11)16/h2-7H,1H3/i1D3. The van der Waals surface area contributed by atoms with Crippen LogP contribution in [0.3, 0.4) is 0 Å². The molecule has 0 radical (unpaired) electrons. The summed E-state index contributed by atoms with van der Waals surface area (Å²) in [7, 11) is -2.62. The highest BCUT2D eigenvalue weighted by molar-refractivity contribution is 6.35. The number of methoxy groups -OCH3 is 1. The summed E-state index contributed by atoms with van der Waals surface area (Å²) in [5.74, 6) is 0.493. The Labute approximate surface area is 124 Å². The molecular formula is C13H9Cl3O2. The largest absolute Gasteiger partial charge is 0.493 e. The summed E-state index contributed by atoms with van der Waals surface area (Å²) in [5, 5.41) is 1.07. The summed E-state index contributed by atoms with van der Waals surface area (Å²) < 4.78 is 31.9. The van der Waals surface area contributed by atoms with E-state index in [1.807, 2.05) is 0 Å². The van der Waals surface area contributed by atoms with Crippen molar-refractivity contribution in [3.63, 3.8) is 0 Å². The van der Waals surface area contributed by atoms with Crippen molar-refractivity contribution in [1.82, 2.24) is 0 Å². The Balaban J connectivity index is 2.35. The second-order valence-corrected chi connectivity index (χ2v) is 4.65. The number of rotatable bonds is 3. The number of halogens is 3. The third-order valence-corrected chi connectivity index (χ3v) is 2.90. The molecule has 0 aliphatic carbocycles. The molecule has 0 saturated heterocycles. The van der Waals surface area contributed by atoms with Gasteiger partial charge in [0.15, 0.2) is 11.5 Å². The molecule has 0 heterocycles. The van der Waals surface area contributed by atoms with Crippen LogP contribution in [0.5, 0.6) is 17.2 Å². The minimum Gasteiger partial charge on any atom is -0.493 e. The maximum absolute atomic E-state index is 7.16. The number of benzene rings is 2. The minimum absolute atomic E-state index is 0.00600. The lowest BCUT2D eigenvalue weighted by Gasteiger charge is -2.11. The van der Waals surface area contributed by atoms with Gasteiger partial charge in [-0.15, -0.1) is 0 Å². The lowest BCUT2D eigenvalue weighted by molar-refractivity contribution is 0.379. The molecule has 18 heavy (non-hydrogen) atoms. The second-order valence-electron chi connectivity index (χ2n) is 3.37. The van der Waals surface area contributed by atoms with Gasteiger partial charge in [-0.05, 0) is 30.3 Å². The summed E-state index contributed by atoms with van der Waals surface area (Å²) in [5.41, 5.74) is 0. The van der Waals surface area contributed by atoms with E-state index in [2.05, 4.69) is 0 Å². The third kappa shape index (κ3) is 3.02. The first-order chi connectivity index (χ1) is 9.74. The molecule has 0 unspecified atom stereocenters. The monoisotopic (exact) mass is 305 g/mol. The van der Waals surface area contributed by atoms with Crippen molar-refractivity contribution in [2.75, 3.05) is 7.04 Å². The normalized spacial score (nSPS) is 13.4.